The van der Waals surface area contributed by atoms with E-state index in [-0.39, 0.29) is 5.25 Å². The fraction of sp³-hybridized carbons (Fsp3) is 0.800. The SMILES string of the molecule is O=C1CCCCC1Sc1nnnn1C1CC1. The Bertz CT molecular complexity index is 401. The summed E-state index contributed by atoms with van der Waals surface area (Å²) >= 11 is 1.55. The zero-order valence-electron chi connectivity index (χ0n) is 9.00. The molecule has 0 aromatic carbocycles. The standard InChI is InChI=1S/C10H14N4OS/c15-8-3-1-2-4-9(8)16-10-11-12-13-14(10)7-5-6-7/h7,9H,1-6H2. The fourth-order valence-corrected chi connectivity index (χ4v) is 3.18. The minimum atomic E-state index is 0.0808. The number of carbonyl (C=O) groups excluding carboxylic acids is 1. The van der Waals surface area contributed by atoms with Crippen molar-refractivity contribution in [3.05, 3.63) is 0 Å². The number of nitrogens with zero attached hydrogens (tertiary/aromatic N) is 4. The van der Waals surface area contributed by atoms with Crippen molar-refractivity contribution in [2.45, 2.75) is 55.0 Å². The third kappa shape index (κ3) is 1.98. The highest BCUT2D eigenvalue weighted by molar-refractivity contribution is 8.00. The summed E-state index contributed by atoms with van der Waals surface area (Å²) in [6.45, 7) is 0. The Balaban J connectivity index is 1.72. The Hall–Kier alpha value is -0.910. The van der Waals surface area contributed by atoms with E-state index >= 15 is 0 Å². The van der Waals surface area contributed by atoms with E-state index in [4.69, 9.17) is 0 Å². The zero-order chi connectivity index (χ0) is 11.0. The highest BCUT2D eigenvalue weighted by Crippen LogP contribution is 2.38. The molecule has 0 aliphatic heterocycles. The molecule has 1 aromatic heterocycles. The summed E-state index contributed by atoms with van der Waals surface area (Å²) in [5, 5.41) is 12.6. The van der Waals surface area contributed by atoms with Crippen LogP contribution < -0.4 is 0 Å². The minimum Gasteiger partial charge on any atom is -0.298 e. The summed E-state index contributed by atoms with van der Waals surface area (Å²) in [5.41, 5.74) is 0. The van der Waals surface area contributed by atoms with Crippen molar-refractivity contribution in [2.24, 2.45) is 0 Å². The lowest BCUT2D eigenvalue weighted by atomic mass is 9.99. The topological polar surface area (TPSA) is 60.7 Å². The Morgan fingerprint density at radius 3 is 2.88 bits per heavy atom. The molecule has 0 amide bonds. The number of hydrogen-bond acceptors (Lipinski definition) is 5. The van der Waals surface area contributed by atoms with Gasteiger partial charge >= 0.3 is 0 Å². The minimum absolute atomic E-state index is 0.0808. The first-order chi connectivity index (χ1) is 7.84. The average Bonchev–Trinajstić information content (AvgIpc) is 3.03. The summed E-state index contributed by atoms with van der Waals surface area (Å²) in [6, 6.07) is 0.483. The molecule has 6 heteroatoms. The first kappa shape index (κ1) is 10.3. The van der Waals surface area contributed by atoms with Crippen LogP contribution >= 0.6 is 11.8 Å². The Kier molecular flexibility index (Phi) is 2.67. The number of Topliss-reactive ketones (excluding diaryl/α,β-unsaturated/α-hetero) is 1. The van der Waals surface area contributed by atoms with Crippen molar-refractivity contribution >= 4 is 17.5 Å². The van der Waals surface area contributed by atoms with Gasteiger partial charge in [-0.05, 0) is 36.1 Å². The number of tetrazole rings is 1. The quantitative estimate of drug-likeness (QED) is 0.800. The summed E-state index contributed by atoms with van der Waals surface area (Å²) in [6.07, 6.45) is 6.22. The second-order valence-electron chi connectivity index (χ2n) is 4.46. The van der Waals surface area contributed by atoms with E-state index in [2.05, 4.69) is 15.5 Å². The van der Waals surface area contributed by atoms with E-state index in [1.165, 1.54) is 0 Å². The third-order valence-corrected chi connectivity index (χ3v) is 4.36. The molecule has 1 atom stereocenters. The van der Waals surface area contributed by atoms with Crippen LogP contribution in [-0.4, -0.2) is 31.2 Å². The second kappa shape index (κ2) is 4.16. The molecule has 2 fully saturated rings. The maximum Gasteiger partial charge on any atom is 0.210 e. The van der Waals surface area contributed by atoms with E-state index < -0.39 is 0 Å². The first-order valence-corrected chi connectivity index (χ1v) is 6.70. The number of ketones is 1. The Morgan fingerprint density at radius 1 is 1.25 bits per heavy atom. The van der Waals surface area contributed by atoms with Gasteiger partial charge in [0.25, 0.3) is 0 Å². The van der Waals surface area contributed by atoms with Crippen LogP contribution in [-0.2, 0) is 4.79 Å². The fourth-order valence-electron chi connectivity index (χ4n) is 2.01. The predicted molar refractivity (Wildman–Crippen MR) is 59.2 cm³/mol. The van der Waals surface area contributed by atoms with Crippen LogP contribution in [0, 0.1) is 0 Å². The van der Waals surface area contributed by atoms with Gasteiger partial charge in [-0.3, -0.25) is 4.79 Å². The third-order valence-electron chi connectivity index (χ3n) is 3.10. The normalized spacial score (nSPS) is 26.0. The van der Waals surface area contributed by atoms with Gasteiger partial charge < -0.3 is 0 Å². The molecule has 1 unspecified atom stereocenters. The van der Waals surface area contributed by atoms with Gasteiger partial charge in [-0.15, -0.1) is 5.10 Å². The molecule has 2 saturated carbocycles. The van der Waals surface area contributed by atoms with E-state index in [9.17, 15) is 4.79 Å². The molecule has 0 bridgehead atoms. The maximum absolute atomic E-state index is 11.7. The molecule has 2 aliphatic rings. The monoisotopic (exact) mass is 238 g/mol. The van der Waals surface area contributed by atoms with Gasteiger partial charge in [0.15, 0.2) is 0 Å². The van der Waals surface area contributed by atoms with Crippen molar-refractivity contribution < 1.29 is 4.79 Å². The van der Waals surface area contributed by atoms with Crippen molar-refractivity contribution in [3.63, 3.8) is 0 Å². The predicted octanol–water partition coefficient (Wildman–Crippen LogP) is 1.61. The molecule has 1 heterocycles. The summed E-state index contributed by atoms with van der Waals surface area (Å²) < 4.78 is 1.88. The van der Waals surface area contributed by atoms with Crippen LogP contribution in [0.25, 0.3) is 0 Å². The molecule has 0 saturated heterocycles. The molecule has 16 heavy (non-hydrogen) atoms. The lowest BCUT2D eigenvalue weighted by Crippen LogP contribution is -2.21. The van der Waals surface area contributed by atoms with Crippen LogP contribution in [0.2, 0.25) is 0 Å². The van der Waals surface area contributed by atoms with Gasteiger partial charge in [0, 0.05) is 6.42 Å². The van der Waals surface area contributed by atoms with E-state index in [1.807, 2.05) is 4.68 Å². The van der Waals surface area contributed by atoms with Gasteiger partial charge in [-0.1, -0.05) is 18.2 Å². The average molecular weight is 238 g/mol. The smallest absolute Gasteiger partial charge is 0.210 e. The van der Waals surface area contributed by atoms with Gasteiger partial charge in [-0.25, -0.2) is 4.68 Å². The highest BCUT2D eigenvalue weighted by Gasteiger charge is 2.31. The van der Waals surface area contributed by atoms with Crippen LogP contribution in [0.3, 0.4) is 0 Å². The summed E-state index contributed by atoms with van der Waals surface area (Å²) in [7, 11) is 0. The molecule has 1 aromatic rings. The number of aromatic nitrogens is 4. The van der Waals surface area contributed by atoms with Crippen molar-refractivity contribution in [1.82, 2.24) is 20.2 Å². The zero-order valence-corrected chi connectivity index (χ0v) is 9.82. The Labute approximate surface area is 98.0 Å². The van der Waals surface area contributed by atoms with Gasteiger partial charge in [0.2, 0.25) is 5.16 Å². The number of rotatable bonds is 3. The molecule has 2 aliphatic carbocycles. The molecule has 0 spiro atoms. The van der Waals surface area contributed by atoms with E-state index in [0.29, 0.717) is 11.8 Å². The van der Waals surface area contributed by atoms with Crippen LogP contribution in [0.1, 0.15) is 44.6 Å². The molecule has 0 radical (unpaired) electrons. The van der Waals surface area contributed by atoms with Crippen LogP contribution in [0.15, 0.2) is 5.16 Å². The Morgan fingerprint density at radius 2 is 2.12 bits per heavy atom. The lowest BCUT2D eigenvalue weighted by molar-refractivity contribution is -0.119. The first-order valence-electron chi connectivity index (χ1n) is 5.82. The van der Waals surface area contributed by atoms with Gasteiger partial charge in [0.1, 0.15) is 5.78 Å². The maximum atomic E-state index is 11.7. The van der Waals surface area contributed by atoms with Crippen LogP contribution in [0.5, 0.6) is 0 Å². The molecular weight excluding hydrogens is 224 g/mol. The molecule has 3 rings (SSSR count). The van der Waals surface area contributed by atoms with Crippen LogP contribution in [0.4, 0.5) is 0 Å². The number of carbonyl (C=O) groups is 1. The highest BCUT2D eigenvalue weighted by atomic mass is 32.2. The number of hydrogen-bond donors (Lipinski definition) is 0. The summed E-state index contributed by atoms with van der Waals surface area (Å²) in [5.74, 6) is 0.363. The molecule has 0 N–H and O–H groups in total. The molecular formula is C10H14N4OS. The van der Waals surface area contributed by atoms with Gasteiger partial charge in [0.05, 0.1) is 11.3 Å². The largest absolute Gasteiger partial charge is 0.298 e. The molecule has 5 nitrogen and oxygen atoms in total. The van der Waals surface area contributed by atoms with Crippen molar-refractivity contribution in [3.8, 4) is 0 Å². The molecule has 86 valence electrons. The summed E-state index contributed by atoms with van der Waals surface area (Å²) in [4.78, 5) is 11.7. The van der Waals surface area contributed by atoms with E-state index in [1.54, 1.807) is 11.8 Å². The number of thioether (sulfide) groups is 1. The van der Waals surface area contributed by atoms with Crippen molar-refractivity contribution in [1.29, 1.82) is 0 Å². The van der Waals surface area contributed by atoms with E-state index in [0.717, 1.165) is 43.7 Å². The van der Waals surface area contributed by atoms with Gasteiger partial charge in [-0.2, -0.15) is 0 Å². The van der Waals surface area contributed by atoms with Crippen molar-refractivity contribution in [2.75, 3.05) is 0 Å². The lowest BCUT2D eigenvalue weighted by Gasteiger charge is -2.18. The second-order valence-corrected chi connectivity index (χ2v) is 5.63.